The molecule has 0 radical (unpaired) electrons. The quantitative estimate of drug-likeness (QED) is 0.389. The number of aliphatic carboxylic acids is 1. The molecule has 3 rings (SSSR count). The number of carboxylic acids is 1. The van der Waals surface area contributed by atoms with Crippen LogP contribution in [0, 0.1) is 12.3 Å². The van der Waals surface area contributed by atoms with Gasteiger partial charge in [-0.05, 0) is 16.0 Å². The maximum absolute atomic E-state index is 11.9. The van der Waals surface area contributed by atoms with Crippen LogP contribution < -0.4 is 5.73 Å². The molecule has 0 aliphatic carbocycles. The standard InChI is InChI=1S/C12H12N6O3S2/c1-2-3-17-12(14-15-16-17)23-5-6-4-22-10-7(13)9(19)18(10)8(6)11(20)21/h1,7,10H,3-5,13H2,(H,20,21)/t7?,10-/m0/s1. The van der Waals surface area contributed by atoms with Crippen LogP contribution in [0.5, 0.6) is 0 Å². The number of hydrogen-bond acceptors (Lipinski definition) is 8. The Morgan fingerprint density at radius 3 is 3.09 bits per heavy atom. The molecule has 2 atom stereocenters. The predicted molar refractivity (Wildman–Crippen MR) is 83.1 cm³/mol. The van der Waals surface area contributed by atoms with Crippen LogP contribution in [-0.4, -0.2) is 65.0 Å². The lowest BCUT2D eigenvalue weighted by atomic mass is 10.0. The summed E-state index contributed by atoms with van der Waals surface area (Å²) in [6, 6.07) is -0.633. The Bertz CT molecular complexity index is 739. The van der Waals surface area contributed by atoms with E-state index >= 15 is 0 Å². The van der Waals surface area contributed by atoms with Gasteiger partial charge in [-0.3, -0.25) is 9.69 Å². The van der Waals surface area contributed by atoms with Crippen LogP contribution in [0.1, 0.15) is 0 Å². The average Bonchev–Trinajstić information content (AvgIpc) is 2.98. The summed E-state index contributed by atoms with van der Waals surface area (Å²) >= 11 is 2.74. The van der Waals surface area contributed by atoms with Crippen molar-refractivity contribution in [3.63, 3.8) is 0 Å². The Labute approximate surface area is 139 Å². The zero-order valence-corrected chi connectivity index (χ0v) is 13.4. The number of aromatic nitrogens is 4. The number of hydrogen-bond donors (Lipinski definition) is 2. The van der Waals surface area contributed by atoms with Crippen LogP contribution in [-0.2, 0) is 16.1 Å². The number of β-lactam (4-membered cyclic amide) rings is 1. The molecule has 1 fully saturated rings. The molecule has 120 valence electrons. The molecule has 1 saturated heterocycles. The first-order valence-corrected chi connectivity index (χ1v) is 8.56. The Morgan fingerprint density at radius 2 is 2.39 bits per heavy atom. The number of nitrogens with zero attached hydrogens (tertiary/aromatic N) is 5. The smallest absolute Gasteiger partial charge is 0.352 e. The van der Waals surface area contributed by atoms with Crippen molar-refractivity contribution in [3.05, 3.63) is 11.3 Å². The molecule has 3 heterocycles. The van der Waals surface area contributed by atoms with E-state index in [0.717, 1.165) is 0 Å². The summed E-state index contributed by atoms with van der Waals surface area (Å²) in [4.78, 5) is 24.7. The summed E-state index contributed by atoms with van der Waals surface area (Å²) in [7, 11) is 0. The van der Waals surface area contributed by atoms with Gasteiger partial charge in [-0.15, -0.1) is 23.3 Å². The van der Waals surface area contributed by atoms with Gasteiger partial charge in [0.15, 0.2) is 0 Å². The number of nitrogens with two attached hydrogens (primary N) is 1. The van der Waals surface area contributed by atoms with E-state index in [-0.39, 0.29) is 23.5 Å². The predicted octanol–water partition coefficient (Wildman–Crippen LogP) is -1.02. The molecule has 0 spiro atoms. The van der Waals surface area contributed by atoms with E-state index in [9.17, 15) is 14.7 Å². The van der Waals surface area contributed by atoms with E-state index in [4.69, 9.17) is 12.2 Å². The highest BCUT2D eigenvalue weighted by Gasteiger charge is 2.51. The SMILES string of the molecule is C#CCn1nnnc1SCC1=C(C(=O)O)N2C(=O)C(N)[C@@H]2SC1. The van der Waals surface area contributed by atoms with Gasteiger partial charge in [-0.1, -0.05) is 17.7 Å². The fourth-order valence-electron chi connectivity index (χ4n) is 2.33. The third kappa shape index (κ3) is 2.69. The second kappa shape index (κ2) is 6.23. The van der Waals surface area contributed by atoms with Crippen molar-refractivity contribution in [1.29, 1.82) is 0 Å². The number of thioether (sulfide) groups is 2. The first-order chi connectivity index (χ1) is 11.0. The van der Waals surface area contributed by atoms with Gasteiger partial charge in [0, 0.05) is 11.5 Å². The highest BCUT2D eigenvalue weighted by atomic mass is 32.2. The largest absolute Gasteiger partial charge is 0.477 e. The minimum absolute atomic E-state index is 0.0175. The van der Waals surface area contributed by atoms with Crippen LogP contribution >= 0.6 is 23.5 Å². The molecule has 0 bridgehead atoms. The second-order valence-electron chi connectivity index (χ2n) is 4.80. The Hall–Kier alpha value is -2.03. The monoisotopic (exact) mass is 352 g/mol. The maximum atomic E-state index is 11.9. The normalized spacial score (nSPS) is 23.3. The number of amides is 1. The molecule has 23 heavy (non-hydrogen) atoms. The first-order valence-electron chi connectivity index (χ1n) is 6.52. The van der Waals surface area contributed by atoms with Gasteiger partial charge in [-0.25, -0.2) is 9.48 Å². The number of rotatable bonds is 5. The lowest BCUT2D eigenvalue weighted by Gasteiger charge is -2.48. The zero-order chi connectivity index (χ0) is 16.6. The Kier molecular flexibility index (Phi) is 4.29. The molecule has 1 unspecified atom stereocenters. The minimum atomic E-state index is -1.13. The van der Waals surface area contributed by atoms with Crippen molar-refractivity contribution in [2.24, 2.45) is 5.73 Å². The first kappa shape index (κ1) is 15.9. The summed E-state index contributed by atoms with van der Waals surface area (Å²) < 4.78 is 1.45. The molecular formula is C12H12N6O3S2. The van der Waals surface area contributed by atoms with E-state index in [1.54, 1.807) is 0 Å². The van der Waals surface area contributed by atoms with Crippen molar-refractivity contribution in [1.82, 2.24) is 25.1 Å². The topological polar surface area (TPSA) is 127 Å². The third-order valence-electron chi connectivity index (χ3n) is 3.41. The maximum Gasteiger partial charge on any atom is 0.352 e. The molecule has 1 aromatic heterocycles. The summed E-state index contributed by atoms with van der Waals surface area (Å²) in [5.74, 6) is 1.79. The van der Waals surface area contributed by atoms with Crippen molar-refractivity contribution in [2.45, 2.75) is 23.1 Å². The Morgan fingerprint density at radius 1 is 1.61 bits per heavy atom. The van der Waals surface area contributed by atoms with Crippen molar-refractivity contribution >= 4 is 35.4 Å². The number of carbonyl (C=O) groups excluding carboxylic acids is 1. The van der Waals surface area contributed by atoms with Gasteiger partial charge in [0.25, 0.3) is 0 Å². The zero-order valence-electron chi connectivity index (χ0n) is 11.7. The second-order valence-corrected chi connectivity index (χ2v) is 6.85. The van der Waals surface area contributed by atoms with Crippen LogP contribution in [0.15, 0.2) is 16.4 Å². The lowest BCUT2D eigenvalue weighted by Crippen LogP contribution is -2.68. The number of tetrazole rings is 1. The molecule has 1 aromatic rings. The highest BCUT2D eigenvalue weighted by Crippen LogP contribution is 2.40. The third-order valence-corrected chi connectivity index (χ3v) is 5.81. The van der Waals surface area contributed by atoms with E-state index < -0.39 is 12.0 Å². The van der Waals surface area contributed by atoms with Crippen LogP contribution in [0.3, 0.4) is 0 Å². The number of terminal acetylenes is 1. The van der Waals surface area contributed by atoms with Crippen LogP contribution in [0.25, 0.3) is 0 Å². The van der Waals surface area contributed by atoms with Crippen LogP contribution in [0.4, 0.5) is 0 Å². The molecule has 1 amide bonds. The van der Waals surface area contributed by atoms with Gasteiger partial charge >= 0.3 is 5.97 Å². The average molecular weight is 352 g/mol. The summed E-state index contributed by atoms with van der Waals surface area (Å²) in [6.07, 6.45) is 5.24. The van der Waals surface area contributed by atoms with E-state index in [2.05, 4.69) is 21.4 Å². The molecule has 2 aliphatic heterocycles. The summed E-state index contributed by atoms with van der Waals surface area (Å²) in [6.45, 7) is 0.233. The molecule has 9 nitrogen and oxygen atoms in total. The van der Waals surface area contributed by atoms with Gasteiger partial charge in [0.1, 0.15) is 23.7 Å². The van der Waals surface area contributed by atoms with Crippen molar-refractivity contribution in [3.8, 4) is 12.3 Å². The molecule has 0 aromatic carbocycles. The van der Waals surface area contributed by atoms with Crippen molar-refractivity contribution < 1.29 is 14.7 Å². The molecular weight excluding hydrogens is 340 g/mol. The molecule has 2 aliphatic rings. The fourth-order valence-corrected chi connectivity index (χ4v) is 4.64. The van der Waals surface area contributed by atoms with Gasteiger partial charge < -0.3 is 10.8 Å². The molecule has 0 saturated carbocycles. The van der Waals surface area contributed by atoms with E-state index in [1.807, 2.05) is 0 Å². The summed E-state index contributed by atoms with van der Waals surface area (Å²) in [5, 5.41) is 20.8. The van der Waals surface area contributed by atoms with Crippen molar-refractivity contribution in [2.75, 3.05) is 11.5 Å². The van der Waals surface area contributed by atoms with Gasteiger partial charge in [0.2, 0.25) is 11.1 Å². The molecule has 11 heteroatoms. The number of carboxylic acid groups (broad SMARTS) is 1. The fraction of sp³-hybridized carbons (Fsp3) is 0.417. The van der Waals surface area contributed by atoms with E-state index in [1.165, 1.54) is 33.1 Å². The minimum Gasteiger partial charge on any atom is -0.477 e. The lowest BCUT2D eigenvalue weighted by molar-refractivity contribution is -0.147. The number of carbonyl (C=O) groups is 2. The summed E-state index contributed by atoms with van der Waals surface area (Å²) in [5.41, 5.74) is 6.36. The van der Waals surface area contributed by atoms with E-state index in [0.29, 0.717) is 22.2 Å². The Balaban J connectivity index is 1.80. The van der Waals surface area contributed by atoms with Crippen LogP contribution in [0.2, 0.25) is 0 Å². The molecule has 3 N–H and O–H groups in total. The highest BCUT2D eigenvalue weighted by molar-refractivity contribution is 8.01. The van der Waals surface area contributed by atoms with Gasteiger partial charge in [0.05, 0.1) is 0 Å². The number of fused-ring (bicyclic) bond motifs is 1. The van der Waals surface area contributed by atoms with Gasteiger partial charge in [-0.2, -0.15) is 0 Å².